The van der Waals surface area contributed by atoms with E-state index in [0.717, 1.165) is 19.3 Å². The van der Waals surface area contributed by atoms with Gasteiger partial charge in [-0.3, -0.25) is 4.57 Å². The molecule has 42 heavy (non-hydrogen) atoms. The standard InChI is InChI=1S/C27H33F3N8O4/c1-13(2)26(8-14(9-26)3-6-19-36-16-5-4-15(7-17(16)37-19)42-27(28,29)30)35-10-18-21(39)22(40)25(41-18)38-12-34-20-23(31)32-11-33-24(20)38/h4-5,7,11-14,18,21-22,25,35,39-40H,3,6,8-10H2,1-2H3,(H,36,37)(H2,31,32,33)/t14?,18-,21+,22+,25-,26?/m1/s1. The predicted octanol–water partition coefficient (Wildman–Crippen LogP) is 2.83. The van der Waals surface area contributed by atoms with E-state index in [0.29, 0.717) is 52.8 Å². The minimum Gasteiger partial charge on any atom is -0.406 e. The van der Waals surface area contributed by atoms with Crippen molar-refractivity contribution in [2.24, 2.45) is 11.8 Å². The molecule has 0 radical (unpaired) electrons. The summed E-state index contributed by atoms with van der Waals surface area (Å²) in [6.45, 7) is 4.64. The molecule has 0 amide bonds. The summed E-state index contributed by atoms with van der Waals surface area (Å²) in [5.74, 6) is 1.37. The van der Waals surface area contributed by atoms with Crippen LogP contribution in [0.1, 0.15) is 45.2 Å². The number of aromatic nitrogens is 6. The zero-order valence-corrected chi connectivity index (χ0v) is 23.0. The van der Waals surface area contributed by atoms with Gasteiger partial charge in [0.05, 0.1) is 17.4 Å². The van der Waals surface area contributed by atoms with Gasteiger partial charge in [0, 0.05) is 24.6 Å². The van der Waals surface area contributed by atoms with Gasteiger partial charge < -0.3 is 35.7 Å². The fourth-order valence-electron chi connectivity index (χ4n) is 6.18. The quantitative estimate of drug-likeness (QED) is 0.195. The molecule has 4 atom stereocenters. The maximum Gasteiger partial charge on any atom is 0.573 e. The zero-order chi connectivity index (χ0) is 29.8. The van der Waals surface area contributed by atoms with Crippen LogP contribution in [0.2, 0.25) is 0 Å². The number of alkyl halides is 3. The molecule has 1 saturated carbocycles. The summed E-state index contributed by atoms with van der Waals surface area (Å²) in [5, 5.41) is 25.2. The molecule has 0 spiro atoms. The number of nitrogens with two attached hydrogens (primary N) is 1. The number of nitrogens with one attached hydrogen (secondary N) is 2. The molecule has 1 aliphatic carbocycles. The minimum atomic E-state index is -4.75. The molecule has 1 saturated heterocycles. The Hall–Kier alpha value is -3.53. The van der Waals surface area contributed by atoms with E-state index < -0.39 is 30.9 Å². The number of anilines is 1. The van der Waals surface area contributed by atoms with Gasteiger partial charge in [-0.05, 0) is 43.2 Å². The minimum absolute atomic E-state index is 0.155. The second kappa shape index (κ2) is 10.6. The second-order valence-corrected chi connectivity index (χ2v) is 11.5. The predicted molar refractivity (Wildman–Crippen MR) is 145 cm³/mol. The lowest BCUT2D eigenvalue weighted by molar-refractivity contribution is -0.274. The SMILES string of the molecule is CC(C)C1(NC[C@H]2O[C@@H](n3cnc4c(N)ncnc43)[C@@H](O)[C@H]2O)CC(CCc2nc3ccc(OC(F)(F)F)cc3[nH]2)C1. The fraction of sp³-hybridized carbons (Fsp3) is 0.556. The number of imidazole rings is 2. The van der Waals surface area contributed by atoms with E-state index in [-0.39, 0.29) is 17.1 Å². The van der Waals surface area contributed by atoms with Crippen LogP contribution >= 0.6 is 0 Å². The zero-order valence-electron chi connectivity index (χ0n) is 23.0. The van der Waals surface area contributed by atoms with Crippen LogP contribution in [0.25, 0.3) is 22.2 Å². The molecule has 4 aromatic rings. The van der Waals surface area contributed by atoms with E-state index in [4.69, 9.17) is 10.5 Å². The molecule has 0 unspecified atom stereocenters. The van der Waals surface area contributed by atoms with Crippen LogP contribution in [0.3, 0.4) is 0 Å². The Bertz CT molecular complexity index is 1570. The Morgan fingerprint density at radius 2 is 2.00 bits per heavy atom. The van der Waals surface area contributed by atoms with Crippen LogP contribution in [-0.2, 0) is 11.2 Å². The van der Waals surface area contributed by atoms with Gasteiger partial charge in [0.15, 0.2) is 17.7 Å². The normalized spacial score (nSPS) is 28.1. The van der Waals surface area contributed by atoms with Crippen LogP contribution in [0, 0.1) is 11.8 Å². The molecule has 15 heteroatoms. The molecule has 2 fully saturated rings. The summed E-state index contributed by atoms with van der Waals surface area (Å²) in [5.41, 5.74) is 7.61. The highest BCUT2D eigenvalue weighted by Gasteiger charge is 2.49. The maximum absolute atomic E-state index is 12.5. The van der Waals surface area contributed by atoms with E-state index in [1.54, 1.807) is 4.57 Å². The molecule has 226 valence electrons. The smallest absolute Gasteiger partial charge is 0.406 e. The number of halogens is 3. The molecule has 1 aliphatic heterocycles. The molecule has 6 N–H and O–H groups in total. The van der Waals surface area contributed by atoms with E-state index in [9.17, 15) is 23.4 Å². The Morgan fingerprint density at radius 3 is 2.74 bits per heavy atom. The Morgan fingerprint density at radius 1 is 1.21 bits per heavy atom. The number of hydrogen-bond donors (Lipinski definition) is 5. The number of rotatable bonds is 9. The summed E-state index contributed by atoms with van der Waals surface area (Å²) in [4.78, 5) is 20.0. The lowest BCUT2D eigenvalue weighted by atomic mass is 9.61. The number of aliphatic hydroxyl groups is 2. The molecule has 4 heterocycles. The third kappa shape index (κ3) is 5.37. The molecule has 2 aliphatic rings. The van der Waals surface area contributed by atoms with Crippen LogP contribution in [-0.4, -0.2) is 76.5 Å². The van der Waals surface area contributed by atoms with Gasteiger partial charge in [-0.25, -0.2) is 19.9 Å². The van der Waals surface area contributed by atoms with E-state index in [1.165, 1.54) is 30.9 Å². The number of hydrogen-bond acceptors (Lipinski definition) is 10. The van der Waals surface area contributed by atoms with E-state index >= 15 is 0 Å². The first kappa shape index (κ1) is 28.6. The van der Waals surface area contributed by atoms with Crippen molar-refractivity contribution in [3.63, 3.8) is 0 Å². The highest BCUT2D eigenvalue weighted by Crippen LogP contribution is 2.45. The third-order valence-electron chi connectivity index (χ3n) is 8.59. The largest absolute Gasteiger partial charge is 0.573 e. The first-order valence-corrected chi connectivity index (χ1v) is 13.9. The molecule has 12 nitrogen and oxygen atoms in total. The maximum atomic E-state index is 12.5. The summed E-state index contributed by atoms with van der Waals surface area (Å²) in [6.07, 6.45) is -2.47. The monoisotopic (exact) mass is 590 g/mol. The van der Waals surface area contributed by atoms with Crippen molar-refractivity contribution in [1.82, 2.24) is 34.8 Å². The molecule has 6 rings (SSSR count). The van der Waals surface area contributed by atoms with Crippen molar-refractivity contribution < 1.29 is 32.9 Å². The van der Waals surface area contributed by atoms with Gasteiger partial charge in [0.25, 0.3) is 0 Å². The van der Waals surface area contributed by atoms with Crippen LogP contribution in [0.5, 0.6) is 5.75 Å². The van der Waals surface area contributed by atoms with Gasteiger partial charge in [-0.15, -0.1) is 13.2 Å². The molecule has 0 bridgehead atoms. The van der Waals surface area contributed by atoms with Crippen molar-refractivity contribution in [2.75, 3.05) is 12.3 Å². The first-order chi connectivity index (χ1) is 19.9. The average Bonchev–Trinajstić information content (AvgIpc) is 3.58. The van der Waals surface area contributed by atoms with Crippen molar-refractivity contribution in [3.8, 4) is 5.75 Å². The number of benzene rings is 1. The topological polar surface area (TPSA) is 169 Å². The van der Waals surface area contributed by atoms with Gasteiger partial charge >= 0.3 is 6.36 Å². The van der Waals surface area contributed by atoms with Crippen molar-refractivity contribution in [3.05, 3.63) is 36.7 Å². The Kier molecular flexibility index (Phi) is 7.23. The number of ether oxygens (including phenoxy) is 2. The Labute approximate surface area is 238 Å². The lowest BCUT2D eigenvalue weighted by Gasteiger charge is -2.52. The molecular formula is C27H33F3N8O4. The number of aromatic amines is 1. The van der Waals surface area contributed by atoms with Crippen molar-refractivity contribution >= 4 is 28.0 Å². The third-order valence-corrected chi connectivity index (χ3v) is 8.59. The highest BCUT2D eigenvalue weighted by molar-refractivity contribution is 5.81. The molecular weight excluding hydrogens is 557 g/mol. The second-order valence-electron chi connectivity index (χ2n) is 11.5. The number of aliphatic hydroxyl groups excluding tert-OH is 2. The average molecular weight is 591 g/mol. The van der Waals surface area contributed by atoms with Gasteiger partial charge in [0.2, 0.25) is 0 Å². The number of H-pyrrole nitrogens is 1. The summed E-state index contributed by atoms with van der Waals surface area (Å²) >= 11 is 0. The van der Waals surface area contributed by atoms with Crippen LogP contribution in [0.15, 0.2) is 30.9 Å². The number of fused-ring (bicyclic) bond motifs is 2. The van der Waals surface area contributed by atoms with Crippen LogP contribution < -0.4 is 15.8 Å². The summed E-state index contributed by atoms with van der Waals surface area (Å²) in [6, 6.07) is 4.06. The highest BCUT2D eigenvalue weighted by atomic mass is 19.4. The number of aryl methyl sites for hydroxylation is 1. The number of nitrogens with zero attached hydrogens (tertiary/aromatic N) is 5. The fourth-order valence-corrected chi connectivity index (χ4v) is 6.18. The van der Waals surface area contributed by atoms with Crippen molar-refractivity contribution in [1.29, 1.82) is 0 Å². The van der Waals surface area contributed by atoms with Gasteiger partial charge in [-0.2, -0.15) is 0 Å². The van der Waals surface area contributed by atoms with Gasteiger partial charge in [-0.1, -0.05) is 13.8 Å². The molecule has 1 aromatic carbocycles. The Balaban J connectivity index is 1.04. The first-order valence-electron chi connectivity index (χ1n) is 13.9. The number of nitrogen functional groups attached to an aromatic ring is 1. The summed E-state index contributed by atoms with van der Waals surface area (Å²) < 4.78 is 49.3. The summed E-state index contributed by atoms with van der Waals surface area (Å²) in [7, 11) is 0. The van der Waals surface area contributed by atoms with Gasteiger partial charge in [0.1, 0.15) is 41.7 Å². The van der Waals surface area contributed by atoms with Crippen molar-refractivity contribution in [2.45, 2.75) is 76.0 Å². The molecule has 3 aromatic heterocycles. The lowest BCUT2D eigenvalue weighted by Crippen LogP contribution is -2.61. The van der Waals surface area contributed by atoms with E-state index in [1.807, 2.05) is 0 Å². The van der Waals surface area contributed by atoms with Crippen LogP contribution in [0.4, 0.5) is 19.0 Å². The van der Waals surface area contributed by atoms with E-state index in [2.05, 4.69) is 48.8 Å².